The lowest BCUT2D eigenvalue weighted by Crippen LogP contribution is -2.31. The molecule has 0 radical (unpaired) electrons. The van der Waals surface area contributed by atoms with Gasteiger partial charge in [0.15, 0.2) is 14.8 Å². The largest absolute Gasteiger partial charge is 0.495 e. The van der Waals surface area contributed by atoms with Gasteiger partial charge in [0.1, 0.15) is 17.2 Å². The van der Waals surface area contributed by atoms with Crippen molar-refractivity contribution in [3.8, 4) is 17.4 Å². The minimum atomic E-state index is -3.83. The second-order valence-electron chi connectivity index (χ2n) is 6.50. The molecule has 2 aromatic heterocycles. The van der Waals surface area contributed by atoms with Gasteiger partial charge in [0.25, 0.3) is 5.91 Å². The van der Waals surface area contributed by atoms with E-state index in [0.29, 0.717) is 17.7 Å². The molecule has 0 saturated heterocycles. The van der Waals surface area contributed by atoms with Crippen LogP contribution >= 0.6 is 0 Å². The molecule has 31 heavy (non-hydrogen) atoms. The quantitative estimate of drug-likeness (QED) is 0.545. The smallest absolute Gasteiger partial charge is 0.282 e. The number of nitrogens with one attached hydrogen (secondary N) is 2. The number of aromatic nitrogens is 3. The molecule has 0 spiro atoms. The molecule has 2 N–H and O–H groups in total. The van der Waals surface area contributed by atoms with E-state index in [2.05, 4.69) is 14.8 Å². The van der Waals surface area contributed by atoms with Gasteiger partial charge in [0.05, 0.1) is 27.9 Å². The maximum atomic E-state index is 13.2. The maximum absolute atomic E-state index is 13.2. The number of benzene rings is 1. The predicted molar refractivity (Wildman–Crippen MR) is 113 cm³/mol. The fourth-order valence-electron chi connectivity index (χ4n) is 3.02. The molecule has 0 aliphatic carbocycles. The Morgan fingerprint density at radius 1 is 1.16 bits per heavy atom. The lowest BCUT2D eigenvalue weighted by molar-refractivity contribution is 0.0976. The summed E-state index contributed by atoms with van der Waals surface area (Å²) >= 11 is 0. The van der Waals surface area contributed by atoms with Crippen LogP contribution in [0.5, 0.6) is 17.4 Å². The maximum Gasteiger partial charge on any atom is 0.282 e. The average Bonchev–Trinajstić information content (AvgIpc) is 3.26. The third kappa shape index (κ3) is 4.61. The number of carbonyl (C=O) groups is 1. The van der Waals surface area contributed by atoms with Crippen molar-refractivity contribution in [3.05, 3.63) is 59.5 Å². The van der Waals surface area contributed by atoms with Gasteiger partial charge in [0, 0.05) is 18.0 Å². The third-order valence-corrected chi connectivity index (χ3v) is 5.91. The SMILES string of the molecule is COc1ccc(C)c(OC)c1S(=N)(=O)NC(=O)c1ccc(Cn2cccn2)c(OC)n1. The summed E-state index contributed by atoms with van der Waals surface area (Å²) in [6.45, 7) is 2.14. The first kappa shape index (κ1) is 22.1. The van der Waals surface area contributed by atoms with E-state index in [0.717, 1.165) is 0 Å². The molecule has 1 unspecified atom stereocenters. The Hall–Kier alpha value is -3.60. The predicted octanol–water partition coefficient (Wildman–Crippen LogP) is 2.41. The Morgan fingerprint density at radius 3 is 2.55 bits per heavy atom. The van der Waals surface area contributed by atoms with Crippen LogP contribution in [-0.4, -0.2) is 46.2 Å². The van der Waals surface area contributed by atoms with E-state index < -0.39 is 15.8 Å². The van der Waals surface area contributed by atoms with E-state index in [4.69, 9.17) is 19.0 Å². The second kappa shape index (κ2) is 9.04. The van der Waals surface area contributed by atoms with Crippen LogP contribution in [0, 0.1) is 11.7 Å². The van der Waals surface area contributed by atoms with Crippen molar-refractivity contribution in [2.45, 2.75) is 18.4 Å². The molecule has 11 heteroatoms. The Morgan fingerprint density at radius 2 is 1.94 bits per heavy atom. The van der Waals surface area contributed by atoms with Gasteiger partial charge in [-0.05, 0) is 36.8 Å². The summed E-state index contributed by atoms with van der Waals surface area (Å²) in [4.78, 5) is 16.9. The number of carbonyl (C=O) groups excluding carboxylic acids is 1. The average molecular weight is 446 g/mol. The molecule has 0 saturated carbocycles. The van der Waals surface area contributed by atoms with Gasteiger partial charge in [-0.3, -0.25) is 14.2 Å². The highest BCUT2D eigenvalue weighted by Crippen LogP contribution is 2.36. The van der Waals surface area contributed by atoms with Crippen LogP contribution in [0.3, 0.4) is 0 Å². The van der Waals surface area contributed by atoms with Crippen molar-refractivity contribution in [2.75, 3.05) is 21.3 Å². The Balaban J connectivity index is 1.92. The first-order chi connectivity index (χ1) is 14.8. The lowest BCUT2D eigenvalue weighted by atomic mass is 10.2. The van der Waals surface area contributed by atoms with Crippen LogP contribution in [0.4, 0.5) is 0 Å². The number of aryl methyl sites for hydroxylation is 1. The van der Waals surface area contributed by atoms with Crippen LogP contribution in [0.1, 0.15) is 21.6 Å². The minimum absolute atomic E-state index is 0.0480. The molecule has 0 aliphatic rings. The van der Waals surface area contributed by atoms with Gasteiger partial charge >= 0.3 is 0 Å². The van der Waals surface area contributed by atoms with Gasteiger partial charge in [-0.15, -0.1) is 0 Å². The highest BCUT2D eigenvalue weighted by Gasteiger charge is 2.26. The van der Waals surface area contributed by atoms with E-state index in [9.17, 15) is 9.00 Å². The molecule has 0 bridgehead atoms. The highest BCUT2D eigenvalue weighted by molar-refractivity contribution is 7.91. The lowest BCUT2D eigenvalue weighted by Gasteiger charge is -2.18. The molecular formula is C20H23N5O5S. The fourth-order valence-corrected chi connectivity index (χ4v) is 4.43. The number of nitrogens with zero attached hydrogens (tertiary/aromatic N) is 3. The minimum Gasteiger partial charge on any atom is -0.495 e. The molecule has 10 nitrogen and oxygen atoms in total. The van der Waals surface area contributed by atoms with E-state index in [1.54, 1.807) is 48.3 Å². The van der Waals surface area contributed by atoms with E-state index in [-0.39, 0.29) is 28.0 Å². The van der Waals surface area contributed by atoms with Crippen molar-refractivity contribution in [2.24, 2.45) is 0 Å². The van der Waals surface area contributed by atoms with Crippen molar-refractivity contribution >= 4 is 15.8 Å². The number of hydrogen-bond donors (Lipinski definition) is 2. The zero-order valence-electron chi connectivity index (χ0n) is 17.5. The van der Waals surface area contributed by atoms with Crippen LogP contribution in [0.15, 0.2) is 47.6 Å². The van der Waals surface area contributed by atoms with Gasteiger partial charge < -0.3 is 14.2 Å². The number of hydrogen-bond acceptors (Lipinski definition) is 8. The number of amides is 1. The first-order valence-corrected chi connectivity index (χ1v) is 10.7. The zero-order chi connectivity index (χ0) is 22.6. The molecule has 1 aromatic carbocycles. The standard InChI is InChI=1S/C20H23N5O5S/c1-13-6-9-16(28-2)18(17(13)29-3)31(21,27)24-19(26)15-8-7-14(20(23-15)30-4)12-25-11-5-10-22-25/h5-11H,12H2,1-4H3,(H2,21,24,26,27). The van der Waals surface area contributed by atoms with Gasteiger partial charge in [-0.25, -0.2) is 14.0 Å². The van der Waals surface area contributed by atoms with Crippen molar-refractivity contribution in [1.82, 2.24) is 19.5 Å². The second-order valence-corrected chi connectivity index (χ2v) is 8.23. The normalized spacial score (nSPS) is 12.6. The van der Waals surface area contributed by atoms with Crippen LogP contribution in [0.2, 0.25) is 0 Å². The summed E-state index contributed by atoms with van der Waals surface area (Å²) in [6, 6.07) is 8.21. The number of rotatable bonds is 8. The van der Waals surface area contributed by atoms with Crippen LogP contribution in [0.25, 0.3) is 0 Å². The molecule has 1 atom stereocenters. The summed E-state index contributed by atoms with van der Waals surface area (Å²) in [5, 5.41) is 4.13. The van der Waals surface area contributed by atoms with Crippen LogP contribution in [-0.2, 0) is 16.5 Å². The number of ether oxygens (including phenoxy) is 3. The molecule has 1 amide bonds. The fraction of sp³-hybridized carbons (Fsp3) is 0.250. The molecule has 0 aliphatic heterocycles. The summed E-state index contributed by atoms with van der Waals surface area (Å²) in [5.74, 6) is -0.192. The monoisotopic (exact) mass is 445 g/mol. The summed E-state index contributed by atoms with van der Waals surface area (Å²) in [7, 11) is 0.387. The first-order valence-electron chi connectivity index (χ1n) is 9.14. The van der Waals surface area contributed by atoms with Gasteiger partial charge in [0.2, 0.25) is 5.88 Å². The van der Waals surface area contributed by atoms with Gasteiger partial charge in [-0.2, -0.15) is 5.10 Å². The molecule has 0 fully saturated rings. The Labute approximate surface area is 180 Å². The molecule has 3 aromatic rings. The summed E-state index contributed by atoms with van der Waals surface area (Å²) in [6.07, 6.45) is 3.44. The zero-order valence-corrected chi connectivity index (χ0v) is 18.4. The molecule has 2 heterocycles. The van der Waals surface area contributed by atoms with Crippen molar-refractivity contribution in [1.29, 1.82) is 4.78 Å². The van der Waals surface area contributed by atoms with Crippen molar-refractivity contribution < 1.29 is 23.2 Å². The summed E-state index contributed by atoms with van der Waals surface area (Å²) < 4.78 is 41.4. The van der Waals surface area contributed by atoms with E-state index in [1.165, 1.54) is 27.4 Å². The van der Waals surface area contributed by atoms with Gasteiger partial charge in [-0.1, -0.05) is 6.07 Å². The summed E-state index contributed by atoms with van der Waals surface area (Å²) in [5.41, 5.74) is 1.30. The Bertz CT molecular complexity index is 1190. The van der Waals surface area contributed by atoms with E-state index in [1.807, 2.05) is 0 Å². The molecule has 3 rings (SSSR count). The van der Waals surface area contributed by atoms with Crippen molar-refractivity contribution in [3.63, 3.8) is 0 Å². The Kier molecular flexibility index (Phi) is 6.44. The molecule has 164 valence electrons. The third-order valence-electron chi connectivity index (χ3n) is 4.48. The topological polar surface area (TPSA) is 128 Å². The number of methoxy groups -OCH3 is 3. The molecular weight excluding hydrogens is 422 g/mol. The number of pyridine rings is 1. The highest BCUT2D eigenvalue weighted by atomic mass is 32.2. The van der Waals surface area contributed by atoms with Crippen LogP contribution < -0.4 is 18.9 Å². The van der Waals surface area contributed by atoms with E-state index >= 15 is 0 Å².